The number of rotatable bonds is 2. The number of aromatic nitrogens is 2. The fourth-order valence-corrected chi connectivity index (χ4v) is 2.99. The van der Waals surface area contributed by atoms with Gasteiger partial charge in [0.05, 0.1) is 0 Å². The smallest absolute Gasteiger partial charge is 0.0486 e. The van der Waals surface area contributed by atoms with E-state index in [9.17, 15) is 0 Å². The van der Waals surface area contributed by atoms with Gasteiger partial charge in [-0.05, 0) is 32.9 Å². The normalized spacial score (nSPS) is 14.0. The van der Waals surface area contributed by atoms with Crippen molar-refractivity contribution in [2.75, 3.05) is 0 Å². The second-order valence-corrected chi connectivity index (χ2v) is 5.25. The maximum atomic E-state index is 3.83. The Labute approximate surface area is 124 Å². The van der Waals surface area contributed by atoms with Crippen molar-refractivity contribution in [3.05, 3.63) is 52.7 Å². The SMILES string of the molecule is C=C/C=c1\c(=C/C)[nH]c2cc3[nH]c(C)c(/C=C\C)c3cc12. The summed E-state index contributed by atoms with van der Waals surface area (Å²) in [5, 5.41) is 4.84. The number of aromatic amines is 2. The van der Waals surface area contributed by atoms with Gasteiger partial charge in [-0.2, -0.15) is 0 Å². The minimum Gasteiger partial charge on any atom is -0.358 e. The number of aryl methyl sites for hydroxylation is 1. The van der Waals surface area contributed by atoms with Crippen LogP contribution in [-0.4, -0.2) is 9.97 Å². The molecule has 106 valence electrons. The molecule has 0 radical (unpaired) electrons. The van der Waals surface area contributed by atoms with Gasteiger partial charge in [0.1, 0.15) is 0 Å². The molecule has 2 heteroatoms. The van der Waals surface area contributed by atoms with Crippen LogP contribution in [0.25, 0.3) is 40.0 Å². The third kappa shape index (κ3) is 2.04. The lowest BCUT2D eigenvalue weighted by atomic mass is 10.1. The molecule has 3 rings (SSSR count). The second-order valence-electron chi connectivity index (χ2n) is 5.25. The van der Waals surface area contributed by atoms with Crippen LogP contribution in [0.15, 0.2) is 30.9 Å². The van der Waals surface area contributed by atoms with Gasteiger partial charge in [-0.3, -0.25) is 0 Å². The first-order chi connectivity index (χ1) is 10.2. The van der Waals surface area contributed by atoms with Gasteiger partial charge in [-0.15, -0.1) is 0 Å². The predicted octanol–water partition coefficient (Wildman–Crippen LogP) is 3.76. The first-order valence-corrected chi connectivity index (χ1v) is 7.25. The molecule has 0 aliphatic rings. The van der Waals surface area contributed by atoms with Gasteiger partial charge >= 0.3 is 0 Å². The topological polar surface area (TPSA) is 31.6 Å². The molecule has 0 bridgehead atoms. The van der Waals surface area contributed by atoms with Crippen molar-refractivity contribution >= 4 is 40.0 Å². The van der Waals surface area contributed by atoms with Gasteiger partial charge in [-0.1, -0.05) is 37.0 Å². The maximum Gasteiger partial charge on any atom is 0.0486 e. The van der Waals surface area contributed by atoms with Crippen LogP contribution in [0, 0.1) is 6.92 Å². The predicted molar refractivity (Wildman–Crippen MR) is 93.7 cm³/mol. The van der Waals surface area contributed by atoms with E-state index in [0.717, 1.165) is 10.9 Å². The zero-order chi connectivity index (χ0) is 15.0. The summed E-state index contributed by atoms with van der Waals surface area (Å²) in [6.07, 6.45) is 10.3. The monoisotopic (exact) mass is 276 g/mol. The quantitative estimate of drug-likeness (QED) is 0.714. The van der Waals surface area contributed by atoms with Gasteiger partial charge in [0.25, 0.3) is 0 Å². The average molecular weight is 276 g/mol. The summed E-state index contributed by atoms with van der Waals surface area (Å²) in [6.45, 7) is 10.0. The Balaban J connectivity index is 2.52. The van der Waals surface area contributed by atoms with E-state index in [4.69, 9.17) is 0 Å². The van der Waals surface area contributed by atoms with Crippen LogP contribution in [0.5, 0.6) is 0 Å². The number of H-pyrrole nitrogens is 2. The van der Waals surface area contributed by atoms with Crippen molar-refractivity contribution in [3.8, 4) is 0 Å². The summed E-state index contributed by atoms with van der Waals surface area (Å²) in [6, 6.07) is 4.46. The number of allylic oxidation sites excluding steroid dienone is 2. The highest BCUT2D eigenvalue weighted by Gasteiger charge is 2.09. The fourth-order valence-electron chi connectivity index (χ4n) is 2.99. The van der Waals surface area contributed by atoms with E-state index in [0.29, 0.717) is 0 Å². The minimum absolute atomic E-state index is 1.14. The fraction of sp³-hybridized carbons (Fsp3) is 0.158. The Bertz CT molecular complexity index is 978. The molecule has 2 nitrogen and oxygen atoms in total. The number of benzene rings is 1. The minimum atomic E-state index is 1.14. The molecule has 0 saturated heterocycles. The van der Waals surface area contributed by atoms with E-state index < -0.39 is 0 Å². The molecule has 0 unspecified atom stereocenters. The number of nitrogens with one attached hydrogen (secondary N) is 2. The van der Waals surface area contributed by atoms with E-state index >= 15 is 0 Å². The van der Waals surface area contributed by atoms with E-state index in [-0.39, 0.29) is 0 Å². The van der Waals surface area contributed by atoms with Crippen LogP contribution in [0.2, 0.25) is 0 Å². The van der Waals surface area contributed by atoms with E-state index in [2.05, 4.69) is 59.9 Å². The molecular formula is C19H20N2. The largest absolute Gasteiger partial charge is 0.358 e. The molecule has 3 aromatic rings. The molecule has 0 fully saturated rings. The van der Waals surface area contributed by atoms with Crippen molar-refractivity contribution < 1.29 is 0 Å². The van der Waals surface area contributed by atoms with E-state index in [1.54, 1.807) is 0 Å². The number of hydrogen-bond donors (Lipinski definition) is 2. The Morgan fingerprint density at radius 3 is 2.48 bits per heavy atom. The summed E-state index contributed by atoms with van der Waals surface area (Å²) >= 11 is 0. The summed E-state index contributed by atoms with van der Waals surface area (Å²) in [5.74, 6) is 0. The molecule has 0 saturated carbocycles. The van der Waals surface area contributed by atoms with Gasteiger partial charge in [0, 0.05) is 43.6 Å². The Hall–Kier alpha value is -2.48. The standard InChI is InChI=1S/C19H20N2/c1-5-8-13-12(4)20-18-11-19-16(10-15(13)18)14(9-6-2)17(7-3)21-19/h5-11,20-21H,2H2,1,3-4H3/b8-5-,14-9-,17-7+. The summed E-state index contributed by atoms with van der Waals surface area (Å²) in [5.41, 5.74) is 4.79. The van der Waals surface area contributed by atoms with Gasteiger partial charge < -0.3 is 9.97 Å². The van der Waals surface area contributed by atoms with Crippen LogP contribution < -0.4 is 10.6 Å². The summed E-state index contributed by atoms with van der Waals surface area (Å²) in [7, 11) is 0. The first kappa shape index (κ1) is 13.5. The zero-order valence-corrected chi connectivity index (χ0v) is 12.7. The lowest BCUT2D eigenvalue weighted by Gasteiger charge is -1.95. The molecule has 1 aromatic carbocycles. The van der Waals surface area contributed by atoms with Crippen molar-refractivity contribution in [1.82, 2.24) is 9.97 Å². The molecule has 21 heavy (non-hydrogen) atoms. The highest BCUT2D eigenvalue weighted by atomic mass is 14.7. The molecule has 0 amide bonds. The van der Waals surface area contributed by atoms with Crippen LogP contribution in [-0.2, 0) is 0 Å². The molecular weight excluding hydrogens is 256 g/mol. The second kappa shape index (κ2) is 5.13. The van der Waals surface area contributed by atoms with Crippen LogP contribution in [0.4, 0.5) is 0 Å². The van der Waals surface area contributed by atoms with Crippen molar-refractivity contribution in [1.29, 1.82) is 0 Å². The summed E-state index contributed by atoms with van der Waals surface area (Å²) < 4.78 is 0. The lowest BCUT2D eigenvalue weighted by Crippen LogP contribution is -2.21. The molecule has 2 aromatic heterocycles. The molecule has 0 aliphatic carbocycles. The average Bonchev–Trinajstić information content (AvgIpc) is 2.96. The lowest BCUT2D eigenvalue weighted by molar-refractivity contribution is 1.29. The number of hydrogen-bond acceptors (Lipinski definition) is 0. The third-order valence-corrected chi connectivity index (χ3v) is 3.93. The van der Waals surface area contributed by atoms with Gasteiger partial charge in [0.15, 0.2) is 0 Å². The van der Waals surface area contributed by atoms with Crippen molar-refractivity contribution in [2.24, 2.45) is 0 Å². The molecule has 0 atom stereocenters. The molecule has 0 aliphatic heterocycles. The van der Waals surface area contributed by atoms with Crippen LogP contribution in [0.1, 0.15) is 25.1 Å². The van der Waals surface area contributed by atoms with Crippen molar-refractivity contribution in [2.45, 2.75) is 20.8 Å². The zero-order valence-electron chi connectivity index (χ0n) is 12.7. The molecule has 0 spiro atoms. The van der Waals surface area contributed by atoms with Crippen LogP contribution in [0.3, 0.4) is 0 Å². The first-order valence-electron chi connectivity index (χ1n) is 7.25. The molecule has 2 N–H and O–H groups in total. The van der Waals surface area contributed by atoms with Gasteiger partial charge in [-0.25, -0.2) is 0 Å². The van der Waals surface area contributed by atoms with Gasteiger partial charge in [0.2, 0.25) is 0 Å². The van der Waals surface area contributed by atoms with Crippen molar-refractivity contribution in [3.63, 3.8) is 0 Å². The van der Waals surface area contributed by atoms with E-state index in [1.165, 1.54) is 32.8 Å². The molecule has 2 heterocycles. The van der Waals surface area contributed by atoms with Crippen LogP contribution >= 0.6 is 0 Å². The Morgan fingerprint density at radius 2 is 1.81 bits per heavy atom. The Kier molecular flexibility index (Phi) is 3.30. The Morgan fingerprint density at radius 1 is 1.05 bits per heavy atom. The highest BCUT2D eigenvalue weighted by molar-refractivity contribution is 6.00. The third-order valence-electron chi connectivity index (χ3n) is 3.93. The number of fused-ring (bicyclic) bond motifs is 2. The maximum absolute atomic E-state index is 3.83. The van der Waals surface area contributed by atoms with E-state index in [1.807, 2.05) is 19.9 Å². The summed E-state index contributed by atoms with van der Waals surface area (Å²) in [4.78, 5) is 6.95. The highest BCUT2D eigenvalue weighted by Crippen LogP contribution is 2.26.